The number of carbonyl (C=O) groups is 2. The molecule has 1 unspecified atom stereocenters. The molecule has 0 aromatic heterocycles. The van der Waals surface area contributed by atoms with Crippen LogP contribution in [0, 0.1) is 0 Å². The van der Waals surface area contributed by atoms with Crippen LogP contribution in [-0.2, 0) is 9.59 Å². The van der Waals surface area contributed by atoms with Gasteiger partial charge >= 0.3 is 0 Å². The zero-order valence-electron chi connectivity index (χ0n) is 21.8. The predicted molar refractivity (Wildman–Crippen MR) is 148 cm³/mol. The van der Waals surface area contributed by atoms with Gasteiger partial charge in [0.2, 0.25) is 0 Å². The standard InChI is InChI=1S/C29H29ClN2O6/c1-6-38-20-11-12-24(30)23(16-20)27(33)25-26(17-7-9-18(10-8-17)31(2)3)32(29(35)28(25)34)19-13-21(36-4)15-22(14-19)37-5/h7-16,26,33H,6H2,1-5H3/b27-25+. The maximum absolute atomic E-state index is 13.5. The number of ketones is 1. The topological polar surface area (TPSA) is 88.5 Å². The highest BCUT2D eigenvalue weighted by Gasteiger charge is 2.47. The van der Waals surface area contributed by atoms with Crippen molar-refractivity contribution in [2.45, 2.75) is 13.0 Å². The van der Waals surface area contributed by atoms with Crippen molar-refractivity contribution in [3.8, 4) is 17.2 Å². The van der Waals surface area contributed by atoms with Gasteiger partial charge in [0.15, 0.2) is 0 Å². The first-order chi connectivity index (χ1) is 18.2. The molecule has 8 nitrogen and oxygen atoms in total. The van der Waals surface area contributed by atoms with E-state index in [4.69, 9.17) is 25.8 Å². The van der Waals surface area contributed by atoms with Gasteiger partial charge in [-0.2, -0.15) is 0 Å². The van der Waals surface area contributed by atoms with Crippen LogP contribution in [0.15, 0.2) is 66.2 Å². The quantitative estimate of drug-likeness (QED) is 0.233. The number of methoxy groups -OCH3 is 2. The highest BCUT2D eigenvalue weighted by Crippen LogP contribution is 2.45. The molecule has 1 aliphatic rings. The minimum Gasteiger partial charge on any atom is -0.507 e. The van der Waals surface area contributed by atoms with Gasteiger partial charge in [-0.25, -0.2) is 0 Å². The van der Waals surface area contributed by atoms with Crippen molar-refractivity contribution >= 4 is 40.4 Å². The van der Waals surface area contributed by atoms with Crippen LogP contribution in [0.25, 0.3) is 5.76 Å². The first-order valence-electron chi connectivity index (χ1n) is 11.9. The van der Waals surface area contributed by atoms with Crippen LogP contribution in [0.5, 0.6) is 17.2 Å². The molecule has 1 aliphatic heterocycles. The van der Waals surface area contributed by atoms with E-state index in [-0.39, 0.29) is 16.2 Å². The number of nitrogens with zero attached hydrogens (tertiary/aromatic N) is 2. The van der Waals surface area contributed by atoms with Crippen LogP contribution >= 0.6 is 11.6 Å². The van der Waals surface area contributed by atoms with Gasteiger partial charge in [0, 0.05) is 43.5 Å². The smallest absolute Gasteiger partial charge is 0.300 e. The number of halogens is 1. The van der Waals surface area contributed by atoms with Crippen LogP contribution in [-0.4, -0.2) is 51.7 Å². The second-order valence-electron chi connectivity index (χ2n) is 8.80. The predicted octanol–water partition coefficient (Wildman–Crippen LogP) is 5.45. The molecule has 1 atom stereocenters. The number of amides is 1. The maximum Gasteiger partial charge on any atom is 0.300 e. The zero-order chi connectivity index (χ0) is 27.6. The van der Waals surface area contributed by atoms with Gasteiger partial charge in [-0.05, 0) is 42.8 Å². The molecule has 3 aromatic rings. The first kappa shape index (κ1) is 26.9. The summed E-state index contributed by atoms with van der Waals surface area (Å²) < 4.78 is 16.4. The lowest BCUT2D eigenvalue weighted by atomic mass is 9.94. The second kappa shape index (κ2) is 11.1. The summed E-state index contributed by atoms with van der Waals surface area (Å²) in [7, 11) is 6.82. The third kappa shape index (κ3) is 4.99. The summed E-state index contributed by atoms with van der Waals surface area (Å²) in [4.78, 5) is 30.4. The van der Waals surface area contributed by atoms with Gasteiger partial charge < -0.3 is 24.2 Å². The number of aliphatic hydroxyl groups is 1. The van der Waals surface area contributed by atoms with Gasteiger partial charge in [0.1, 0.15) is 23.0 Å². The molecule has 1 N–H and O–H groups in total. The lowest BCUT2D eigenvalue weighted by molar-refractivity contribution is -0.132. The zero-order valence-corrected chi connectivity index (χ0v) is 22.6. The van der Waals surface area contributed by atoms with Crippen molar-refractivity contribution in [2.75, 3.05) is 44.7 Å². The summed E-state index contributed by atoms with van der Waals surface area (Å²) in [6, 6.07) is 16.2. The van der Waals surface area contributed by atoms with Crippen molar-refractivity contribution in [2.24, 2.45) is 0 Å². The molecule has 3 aromatic carbocycles. The number of benzene rings is 3. The fraction of sp³-hybridized carbons (Fsp3) is 0.241. The molecule has 1 amide bonds. The summed E-state index contributed by atoms with van der Waals surface area (Å²) in [5, 5.41) is 11.7. The van der Waals surface area contributed by atoms with E-state index in [2.05, 4.69) is 0 Å². The van der Waals surface area contributed by atoms with E-state index in [0.29, 0.717) is 35.1 Å². The van der Waals surface area contributed by atoms with E-state index >= 15 is 0 Å². The van der Waals surface area contributed by atoms with Crippen molar-refractivity contribution in [1.29, 1.82) is 0 Å². The third-order valence-electron chi connectivity index (χ3n) is 6.29. The van der Waals surface area contributed by atoms with Gasteiger partial charge in [0.25, 0.3) is 11.7 Å². The lowest BCUT2D eigenvalue weighted by Crippen LogP contribution is -2.29. The number of hydrogen-bond acceptors (Lipinski definition) is 7. The van der Waals surface area contributed by atoms with Crippen LogP contribution in [0.3, 0.4) is 0 Å². The summed E-state index contributed by atoms with van der Waals surface area (Å²) in [6.45, 7) is 2.24. The number of aliphatic hydroxyl groups excluding tert-OH is 1. The fourth-order valence-electron chi connectivity index (χ4n) is 4.39. The van der Waals surface area contributed by atoms with E-state index in [1.54, 1.807) is 36.4 Å². The molecular formula is C29H29ClN2O6. The summed E-state index contributed by atoms with van der Waals surface area (Å²) in [5.74, 6) is -0.693. The molecule has 9 heteroatoms. The Hall–Kier alpha value is -4.17. The Balaban J connectivity index is 1.97. The fourth-order valence-corrected chi connectivity index (χ4v) is 4.59. The van der Waals surface area contributed by atoms with E-state index in [9.17, 15) is 14.7 Å². The second-order valence-corrected chi connectivity index (χ2v) is 9.21. The van der Waals surface area contributed by atoms with E-state index in [0.717, 1.165) is 5.69 Å². The number of carbonyl (C=O) groups excluding carboxylic acids is 2. The van der Waals surface area contributed by atoms with E-state index < -0.39 is 23.5 Å². The molecule has 1 fully saturated rings. The molecular weight excluding hydrogens is 508 g/mol. The molecule has 0 radical (unpaired) electrons. The molecule has 0 spiro atoms. The maximum atomic E-state index is 13.5. The Labute approximate surface area is 226 Å². The summed E-state index contributed by atoms with van der Waals surface area (Å²) in [6.07, 6.45) is 0. The van der Waals surface area contributed by atoms with Gasteiger partial charge in [-0.15, -0.1) is 0 Å². The van der Waals surface area contributed by atoms with Crippen LogP contribution in [0.1, 0.15) is 24.1 Å². The Morgan fingerprint density at radius 1 is 0.947 bits per heavy atom. The molecule has 38 heavy (non-hydrogen) atoms. The van der Waals surface area contributed by atoms with Crippen molar-refractivity contribution in [3.05, 3.63) is 82.4 Å². The average Bonchev–Trinajstić information content (AvgIpc) is 3.19. The molecule has 0 saturated carbocycles. The van der Waals surface area contributed by atoms with E-state index in [1.165, 1.54) is 19.1 Å². The van der Waals surface area contributed by atoms with Crippen molar-refractivity contribution < 1.29 is 28.9 Å². The molecule has 1 heterocycles. The average molecular weight is 537 g/mol. The molecule has 1 saturated heterocycles. The number of rotatable bonds is 8. The minimum absolute atomic E-state index is 0.0926. The Morgan fingerprint density at radius 3 is 2.13 bits per heavy atom. The highest BCUT2D eigenvalue weighted by atomic mass is 35.5. The SMILES string of the molecule is CCOc1ccc(Cl)c(/C(O)=C2\C(=O)C(=O)N(c3cc(OC)cc(OC)c3)C2c2ccc(N(C)C)cc2)c1. The van der Waals surface area contributed by atoms with Crippen molar-refractivity contribution in [1.82, 2.24) is 0 Å². The number of Topliss-reactive ketones (excluding diaryl/α,β-unsaturated/α-hetero) is 1. The molecule has 0 aliphatic carbocycles. The normalized spacial score (nSPS) is 16.5. The molecule has 4 rings (SSSR count). The monoisotopic (exact) mass is 536 g/mol. The van der Waals surface area contributed by atoms with Crippen LogP contribution in [0.4, 0.5) is 11.4 Å². The summed E-state index contributed by atoms with van der Waals surface area (Å²) in [5.41, 5.74) is 2.02. The lowest BCUT2D eigenvalue weighted by Gasteiger charge is -2.26. The number of ether oxygens (including phenoxy) is 3. The largest absolute Gasteiger partial charge is 0.507 e. The van der Waals surface area contributed by atoms with Gasteiger partial charge in [-0.1, -0.05) is 23.7 Å². The first-order valence-corrected chi connectivity index (χ1v) is 12.3. The number of anilines is 2. The number of hydrogen-bond donors (Lipinski definition) is 1. The van der Waals surface area contributed by atoms with Gasteiger partial charge in [-0.3, -0.25) is 14.5 Å². The molecule has 0 bridgehead atoms. The minimum atomic E-state index is -0.949. The Kier molecular flexibility index (Phi) is 7.83. The Bertz CT molecular complexity index is 1380. The van der Waals surface area contributed by atoms with Crippen LogP contribution < -0.4 is 24.0 Å². The van der Waals surface area contributed by atoms with Crippen molar-refractivity contribution in [3.63, 3.8) is 0 Å². The third-order valence-corrected chi connectivity index (χ3v) is 6.62. The van der Waals surface area contributed by atoms with Gasteiger partial charge in [0.05, 0.1) is 43.2 Å². The van der Waals surface area contributed by atoms with E-state index in [1.807, 2.05) is 50.2 Å². The Morgan fingerprint density at radius 2 is 1.58 bits per heavy atom. The summed E-state index contributed by atoms with van der Waals surface area (Å²) >= 11 is 6.44. The van der Waals surface area contributed by atoms with Crippen LogP contribution in [0.2, 0.25) is 5.02 Å². The highest BCUT2D eigenvalue weighted by molar-refractivity contribution is 6.52. The molecule has 198 valence electrons.